The zero-order valence-electron chi connectivity index (χ0n) is 22.2. The predicted molar refractivity (Wildman–Crippen MR) is 137 cm³/mol. The van der Waals surface area contributed by atoms with Gasteiger partial charge in [0, 0.05) is 6.42 Å². The van der Waals surface area contributed by atoms with E-state index in [1.54, 1.807) is 0 Å². The highest BCUT2D eigenvalue weighted by atomic mass is 16.6. The molecule has 0 aromatic heterocycles. The summed E-state index contributed by atoms with van der Waals surface area (Å²) in [5, 5.41) is 57.8. The molecule has 0 aromatic rings. The number of esters is 1. The Morgan fingerprint density at radius 2 is 1.06 bits per heavy atom. The van der Waals surface area contributed by atoms with Crippen LogP contribution in [0.15, 0.2) is 0 Å². The van der Waals surface area contributed by atoms with E-state index in [0.29, 0.717) is 0 Å². The van der Waals surface area contributed by atoms with E-state index in [0.717, 1.165) is 38.5 Å². The smallest absolute Gasteiger partial charge is 0.308 e. The van der Waals surface area contributed by atoms with Crippen molar-refractivity contribution in [3.8, 4) is 0 Å². The zero-order valence-corrected chi connectivity index (χ0v) is 22.2. The SMILES string of the molecule is CCCCCCCCCCC(CCCCCCCC)CC(=O)OC(O)[C@@H](O)[C@@H](O)[C@H](O)[C@H](O)CO. The van der Waals surface area contributed by atoms with E-state index in [9.17, 15) is 30.3 Å². The monoisotopic (exact) mass is 506 g/mol. The number of rotatable bonds is 24. The minimum Gasteiger partial charge on any atom is -0.433 e. The van der Waals surface area contributed by atoms with Crippen LogP contribution in [0, 0.1) is 5.92 Å². The van der Waals surface area contributed by atoms with Crippen molar-refractivity contribution in [2.75, 3.05) is 6.61 Å². The minimum absolute atomic E-state index is 0.118. The first-order valence-electron chi connectivity index (χ1n) is 14.0. The lowest BCUT2D eigenvalue weighted by atomic mass is 9.91. The van der Waals surface area contributed by atoms with Crippen LogP contribution >= 0.6 is 0 Å². The van der Waals surface area contributed by atoms with Crippen LogP contribution in [0.2, 0.25) is 0 Å². The first-order valence-corrected chi connectivity index (χ1v) is 14.0. The Labute approximate surface area is 212 Å². The van der Waals surface area contributed by atoms with E-state index in [1.807, 2.05) is 0 Å². The maximum atomic E-state index is 12.4. The van der Waals surface area contributed by atoms with Crippen LogP contribution in [-0.4, -0.2) is 73.9 Å². The molecule has 8 heteroatoms. The number of aliphatic hydroxyl groups is 6. The highest BCUT2D eigenvalue weighted by Gasteiger charge is 2.36. The second-order valence-corrected chi connectivity index (χ2v) is 9.99. The number of carbonyl (C=O) groups is 1. The Morgan fingerprint density at radius 3 is 1.49 bits per heavy atom. The number of carbonyl (C=O) groups excluding carboxylic acids is 1. The van der Waals surface area contributed by atoms with Gasteiger partial charge in [-0.05, 0) is 18.8 Å². The van der Waals surface area contributed by atoms with Gasteiger partial charge >= 0.3 is 5.97 Å². The van der Waals surface area contributed by atoms with Crippen molar-refractivity contribution in [2.45, 2.75) is 154 Å². The van der Waals surface area contributed by atoms with Gasteiger partial charge in [-0.1, -0.05) is 104 Å². The molecule has 0 aliphatic heterocycles. The molecule has 0 aromatic carbocycles. The van der Waals surface area contributed by atoms with E-state index in [2.05, 4.69) is 13.8 Å². The summed E-state index contributed by atoms with van der Waals surface area (Å²) >= 11 is 0. The average molecular weight is 507 g/mol. The number of unbranched alkanes of at least 4 members (excludes halogenated alkanes) is 12. The summed E-state index contributed by atoms with van der Waals surface area (Å²) in [6, 6.07) is 0. The molecule has 0 heterocycles. The first-order chi connectivity index (χ1) is 16.8. The third kappa shape index (κ3) is 17.3. The Morgan fingerprint density at radius 1 is 0.629 bits per heavy atom. The molecular weight excluding hydrogens is 452 g/mol. The maximum absolute atomic E-state index is 12.4. The molecule has 0 rings (SSSR count). The van der Waals surface area contributed by atoms with Crippen LogP contribution in [0.5, 0.6) is 0 Å². The van der Waals surface area contributed by atoms with Gasteiger partial charge in [0.25, 0.3) is 0 Å². The molecule has 8 nitrogen and oxygen atoms in total. The van der Waals surface area contributed by atoms with Gasteiger partial charge in [0.1, 0.15) is 24.4 Å². The van der Waals surface area contributed by atoms with Crippen LogP contribution in [0.4, 0.5) is 0 Å². The minimum atomic E-state index is -2.05. The molecule has 0 aliphatic carbocycles. The summed E-state index contributed by atoms with van der Waals surface area (Å²) in [6.07, 6.45) is 9.01. The number of hydrogen-bond acceptors (Lipinski definition) is 8. The molecule has 210 valence electrons. The fourth-order valence-corrected chi connectivity index (χ4v) is 4.32. The van der Waals surface area contributed by atoms with E-state index < -0.39 is 43.3 Å². The summed E-state index contributed by atoms with van der Waals surface area (Å²) in [7, 11) is 0. The average Bonchev–Trinajstić information content (AvgIpc) is 2.85. The predicted octanol–water partition coefficient (Wildman–Crippen LogP) is 3.57. The number of hydrogen-bond donors (Lipinski definition) is 6. The molecule has 6 N–H and O–H groups in total. The standard InChI is InChI=1S/C27H54O8/c1-3-5-7-9-11-12-14-16-18-21(17-15-13-10-8-6-4-2)19-23(30)35-27(34)26(33)25(32)24(31)22(29)20-28/h21-22,24-29,31-34H,3-20H2,1-2H3/t21?,22-,24-,25+,26+,27?/m1/s1. The van der Waals surface area contributed by atoms with Crippen molar-refractivity contribution in [3.63, 3.8) is 0 Å². The van der Waals surface area contributed by atoms with Gasteiger partial charge in [-0.15, -0.1) is 0 Å². The summed E-state index contributed by atoms with van der Waals surface area (Å²) in [5.74, 6) is -0.540. The van der Waals surface area contributed by atoms with Crippen molar-refractivity contribution in [1.29, 1.82) is 0 Å². The van der Waals surface area contributed by atoms with E-state index in [4.69, 9.17) is 9.84 Å². The molecule has 6 atom stereocenters. The molecule has 0 spiro atoms. The maximum Gasteiger partial charge on any atom is 0.308 e. The van der Waals surface area contributed by atoms with Gasteiger partial charge in [0.05, 0.1) is 6.61 Å². The lowest BCUT2D eigenvalue weighted by Crippen LogP contribution is -2.51. The first kappa shape index (κ1) is 34.2. The molecule has 0 saturated heterocycles. The molecule has 0 radical (unpaired) electrons. The van der Waals surface area contributed by atoms with Crippen molar-refractivity contribution < 1.29 is 40.2 Å². The fourth-order valence-electron chi connectivity index (χ4n) is 4.32. The highest BCUT2D eigenvalue weighted by Crippen LogP contribution is 2.23. The summed E-state index contributed by atoms with van der Waals surface area (Å²) < 4.78 is 4.92. The van der Waals surface area contributed by atoms with Crippen molar-refractivity contribution in [1.82, 2.24) is 0 Å². The molecule has 2 unspecified atom stereocenters. The molecule has 35 heavy (non-hydrogen) atoms. The largest absolute Gasteiger partial charge is 0.433 e. The molecule has 0 amide bonds. The Balaban J connectivity index is 4.57. The Bertz CT molecular complexity index is 490. The fraction of sp³-hybridized carbons (Fsp3) is 0.963. The lowest BCUT2D eigenvalue weighted by Gasteiger charge is -2.28. The van der Waals surface area contributed by atoms with Crippen LogP contribution < -0.4 is 0 Å². The lowest BCUT2D eigenvalue weighted by molar-refractivity contribution is -0.214. The van der Waals surface area contributed by atoms with Crippen LogP contribution in [0.1, 0.15) is 123 Å². The van der Waals surface area contributed by atoms with E-state index in [-0.39, 0.29) is 12.3 Å². The topological polar surface area (TPSA) is 148 Å². The normalized spacial score (nSPS) is 16.9. The van der Waals surface area contributed by atoms with E-state index >= 15 is 0 Å². The van der Waals surface area contributed by atoms with Gasteiger partial charge < -0.3 is 35.4 Å². The van der Waals surface area contributed by atoms with Crippen LogP contribution in [-0.2, 0) is 9.53 Å². The second kappa shape index (κ2) is 22.4. The third-order valence-electron chi connectivity index (χ3n) is 6.71. The summed E-state index contributed by atoms with van der Waals surface area (Å²) in [6.45, 7) is 3.56. The highest BCUT2D eigenvalue weighted by molar-refractivity contribution is 5.69. The van der Waals surface area contributed by atoms with Gasteiger partial charge in [-0.2, -0.15) is 0 Å². The molecule has 0 bridgehead atoms. The van der Waals surface area contributed by atoms with E-state index in [1.165, 1.54) is 64.2 Å². The third-order valence-corrected chi connectivity index (χ3v) is 6.71. The molecule has 0 aliphatic rings. The molecule has 0 saturated carbocycles. The van der Waals surface area contributed by atoms with Gasteiger partial charge in [0.2, 0.25) is 6.29 Å². The van der Waals surface area contributed by atoms with Crippen LogP contribution in [0.25, 0.3) is 0 Å². The number of ether oxygens (including phenoxy) is 1. The zero-order chi connectivity index (χ0) is 26.5. The summed E-state index contributed by atoms with van der Waals surface area (Å²) in [5.41, 5.74) is 0. The second-order valence-electron chi connectivity index (χ2n) is 9.99. The van der Waals surface area contributed by atoms with Crippen molar-refractivity contribution >= 4 is 5.97 Å². The molecule has 0 fully saturated rings. The Kier molecular flexibility index (Phi) is 21.9. The van der Waals surface area contributed by atoms with Crippen molar-refractivity contribution in [3.05, 3.63) is 0 Å². The van der Waals surface area contributed by atoms with Crippen LogP contribution in [0.3, 0.4) is 0 Å². The Hall–Kier alpha value is -0.770. The van der Waals surface area contributed by atoms with Crippen molar-refractivity contribution in [2.24, 2.45) is 5.92 Å². The number of aliphatic hydroxyl groups excluding tert-OH is 6. The van der Waals surface area contributed by atoms with Gasteiger partial charge in [-0.3, -0.25) is 4.79 Å². The quantitative estimate of drug-likeness (QED) is 0.0661. The summed E-state index contributed by atoms with van der Waals surface area (Å²) in [4.78, 5) is 12.4. The van der Waals surface area contributed by atoms with Gasteiger partial charge in [-0.25, -0.2) is 0 Å². The molecular formula is C27H54O8. The van der Waals surface area contributed by atoms with Gasteiger partial charge in [0.15, 0.2) is 0 Å².